The normalized spacial score (nSPS) is 12.6. The van der Waals surface area contributed by atoms with Gasteiger partial charge in [-0.25, -0.2) is 4.98 Å². The highest BCUT2D eigenvalue weighted by molar-refractivity contribution is 5.94. The van der Waals surface area contributed by atoms with E-state index in [1.807, 2.05) is 19.2 Å². The van der Waals surface area contributed by atoms with E-state index in [0.29, 0.717) is 17.5 Å². The van der Waals surface area contributed by atoms with Gasteiger partial charge in [0.15, 0.2) is 0 Å². The lowest BCUT2D eigenvalue weighted by Gasteiger charge is -2.28. The molecule has 4 nitrogen and oxygen atoms in total. The Kier molecular flexibility index (Phi) is 3.88. The number of rotatable bonds is 4. The molecule has 0 amide bonds. The van der Waals surface area contributed by atoms with Gasteiger partial charge in [0.25, 0.3) is 0 Å². The average Bonchev–Trinajstić information content (AvgIpc) is 2.27. The molecule has 0 bridgehead atoms. The molecule has 0 aromatic carbocycles. The van der Waals surface area contributed by atoms with E-state index in [2.05, 4.69) is 30.7 Å². The molecule has 1 aromatic heterocycles. The smallest absolute Gasteiger partial charge is 0.128 e. The number of nitrogens with one attached hydrogen (secondary N) is 1. The number of nitrogens with zero attached hydrogens (tertiary/aromatic N) is 2. The van der Waals surface area contributed by atoms with Gasteiger partial charge < -0.3 is 10.6 Å². The summed E-state index contributed by atoms with van der Waals surface area (Å²) in [5.41, 5.74) is 6.04. The SMILES string of the molecule is CC(C)C(C)N(C)c1ccc(C(=N)N)cn1. The van der Waals surface area contributed by atoms with Gasteiger partial charge in [-0.05, 0) is 25.0 Å². The van der Waals surface area contributed by atoms with E-state index < -0.39 is 0 Å². The lowest BCUT2D eigenvalue weighted by Crippen LogP contribution is -2.33. The van der Waals surface area contributed by atoms with Gasteiger partial charge in [-0.1, -0.05) is 13.8 Å². The van der Waals surface area contributed by atoms with Crippen molar-refractivity contribution in [1.82, 2.24) is 4.98 Å². The van der Waals surface area contributed by atoms with Crippen LogP contribution >= 0.6 is 0 Å². The first-order valence-corrected chi connectivity index (χ1v) is 5.46. The molecule has 1 unspecified atom stereocenters. The molecule has 3 N–H and O–H groups in total. The summed E-state index contributed by atoms with van der Waals surface area (Å²) in [7, 11) is 2.03. The highest BCUT2D eigenvalue weighted by Gasteiger charge is 2.14. The summed E-state index contributed by atoms with van der Waals surface area (Å²) in [6.45, 7) is 6.54. The summed E-state index contributed by atoms with van der Waals surface area (Å²) >= 11 is 0. The molecular formula is C12H20N4. The van der Waals surface area contributed by atoms with Crippen molar-refractivity contribution >= 4 is 11.7 Å². The van der Waals surface area contributed by atoms with Crippen molar-refractivity contribution in [3.8, 4) is 0 Å². The number of aromatic nitrogens is 1. The summed E-state index contributed by atoms with van der Waals surface area (Å²) in [5.74, 6) is 1.53. The first-order chi connectivity index (χ1) is 7.43. The quantitative estimate of drug-likeness (QED) is 0.601. The minimum Gasteiger partial charge on any atom is -0.384 e. The predicted octanol–water partition coefficient (Wildman–Crippen LogP) is 1.85. The number of pyridine rings is 1. The van der Waals surface area contributed by atoms with E-state index in [9.17, 15) is 0 Å². The average molecular weight is 220 g/mol. The van der Waals surface area contributed by atoms with Crippen LogP contribution in [0.4, 0.5) is 5.82 Å². The van der Waals surface area contributed by atoms with Gasteiger partial charge >= 0.3 is 0 Å². The predicted molar refractivity (Wildman–Crippen MR) is 68.0 cm³/mol. The highest BCUT2D eigenvalue weighted by Crippen LogP contribution is 2.16. The van der Waals surface area contributed by atoms with Crippen LogP contribution in [0.5, 0.6) is 0 Å². The highest BCUT2D eigenvalue weighted by atomic mass is 15.2. The first kappa shape index (κ1) is 12.5. The first-order valence-electron chi connectivity index (χ1n) is 5.46. The molecule has 0 aliphatic carbocycles. The van der Waals surface area contributed by atoms with E-state index in [1.165, 1.54) is 0 Å². The molecule has 0 aliphatic rings. The van der Waals surface area contributed by atoms with Gasteiger partial charge in [0.05, 0.1) is 0 Å². The van der Waals surface area contributed by atoms with Gasteiger partial charge in [0.2, 0.25) is 0 Å². The van der Waals surface area contributed by atoms with Crippen LogP contribution in [0.25, 0.3) is 0 Å². The second-order valence-corrected chi connectivity index (χ2v) is 4.41. The van der Waals surface area contributed by atoms with Gasteiger partial charge in [0, 0.05) is 24.8 Å². The van der Waals surface area contributed by atoms with E-state index in [1.54, 1.807) is 6.20 Å². The Morgan fingerprint density at radius 3 is 2.38 bits per heavy atom. The third-order valence-electron chi connectivity index (χ3n) is 3.00. The Hall–Kier alpha value is -1.58. The van der Waals surface area contributed by atoms with E-state index >= 15 is 0 Å². The second kappa shape index (κ2) is 4.96. The Labute approximate surface area is 97.0 Å². The zero-order valence-corrected chi connectivity index (χ0v) is 10.4. The zero-order valence-electron chi connectivity index (χ0n) is 10.4. The molecule has 0 fully saturated rings. The summed E-state index contributed by atoms with van der Waals surface area (Å²) < 4.78 is 0. The van der Waals surface area contributed by atoms with Crippen molar-refractivity contribution in [2.45, 2.75) is 26.8 Å². The Balaban J connectivity index is 2.85. The molecule has 16 heavy (non-hydrogen) atoms. The Morgan fingerprint density at radius 2 is 2.00 bits per heavy atom. The summed E-state index contributed by atoms with van der Waals surface area (Å²) in [6.07, 6.45) is 1.64. The van der Waals surface area contributed by atoms with Crippen molar-refractivity contribution in [3.05, 3.63) is 23.9 Å². The maximum atomic E-state index is 7.29. The number of hydrogen-bond donors (Lipinski definition) is 2. The van der Waals surface area contributed by atoms with Crippen LogP contribution in [0.3, 0.4) is 0 Å². The molecular weight excluding hydrogens is 200 g/mol. The molecule has 0 spiro atoms. The third-order valence-corrected chi connectivity index (χ3v) is 3.00. The second-order valence-electron chi connectivity index (χ2n) is 4.41. The van der Waals surface area contributed by atoms with E-state index in [-0.39, 0.29) is 5.84 Å². The Bertz CT molecular complexity index is 356. The zero-order chi connectivity index (χ0) is 12.3. The summed E-state index contributed by atoms with van der Waals surface area (Å²) in [5, 5.41) is 7.29. The molecule has 0 saturated carbocycles. The van der Waals surface area contributed by atoms with E-state index in [0.717, 1.165) is 5.82 Å². The molecule has 1 aromatic rings. The van der Waals surface area contributed by atoms with Crippen LogP contribution in [0.2, 0.25) is 0 Å². The fourth-order valence-electron chi connectivity index (χ4n) is 1.41. The molecule has 4 heteroatoms. The monoisotopic (exact) mass is 220 g/mol. The minimum atomic E-state index is 0.0543. The van der Waals surface area contributed by atoms with Gasteiger partial charge in [-0.2, -0.15) is 0 Å². The largest absolute Gasteiger partial charge is 0.384 e. The minimum absolute atomic E-state index is 0.0543. The summed E-state index contributed by atoms with van der Waals surface area (Å²) in [4.78, 5) is 6.44. The number of nitrogens with two attached hydrogens (primary N) is 1. The van der Waals surface area contributed by atoms with Crippen LogP contribution in [0.1, 0.15) is 26.3 Å². The van der Waals surface area contributed by atoms with Crippen LogP contribution in [0, 0.1) is 11.3 Å². The Morgan fingerprint density at radius 1 is 1.38 bits per heavy atom. The van der Waals surface area contributed by atoms with Gasteiger partial charge in [0.1, 0.15) is 11.7 Å². The molecule has 1 rings (SSSR count). The van der Waals surface area contributed by atoms with Crippen molar-refractivity contribution in [1.29, 1.82) is 5.41 Å². The van der Waals surface area contributed by atoms with Crippen LogP contribution in [-0.2, 0) is 0 Å². The number of hydrogen-bond acceptors (Lipinski definition) is 3. The maximum absolute atomic E-state index is 7.29. The molecule has 1 atom stereocenters. The van der Waals surface area contributed by atoms with Crippen LogP contribution in [0.15, 0.2) is 18.3 Å². The topological polar surface area (TPSA) is 66.0 Å². The van der Waals surface area contributed by atoms with Crippen molar-refractivity contribution in [2.75, 3.05) is 11.9 Å². The van der Waals surface area contributed by atoms with E-state index in [4.69, 9.17) is 11.1 Å². The summed E-state index contributed by atoms with van der Waals surface area (Å²) in [6, 6.07) is 4.15. The number of nitrogen functional groups attached to an aromatic ring is 1. The standard InChI is InChI=1S/C12H20N4/c1-8(2)9(3)16(4)11-6-5-10(7-15-11)12(13)14/h5-9H,1-4H3,(H3,13,14). The fraction of sp³-hybridized carbons (Fsp3) is 0.500. The van der Waals surface area contributed by atoms with Crippen molar-refractivity contribution in [2.24, 2.45) is 11.7 Å². The lowest BCUT2D eigenvalue weighted by atomic mass is 10.1. The maximum Gasteiger partial charge on any atom is 0.128 e. The van der Waals surface area contributed by atoms with Crippen molar-refractivity contribution in [3.63, 3.8) is 0 Å². The lowest BCUT2D eigenvalue weighted by molar-refractivity contribution is 0.503. The molecule has 0 saturated heterocycles. The van der Waals surface area contributed by atoms with Gasteiger partial charge in [-0.3, -0.25) is 5.41 Å². The molecule has 1 heterocycles. The molecule has 88 valence electrons. The fourth-order valence-corrected chi connectivity index (χ4v) is 1.41. The number of anilines is 1. The van der Waals surface area contributed by atoms with Gasteiger partial charge in [-0.15, -0.1) is 0 Å². The van der Waals surface area contributed by atoms with Crippen LogP contribution in [-0.4, -0.2) is 23.9 Å². The third kappa shape index (κ3) is 2.72. The molecule has 0 radical (unpaired) electrons. The number of amidine groups is 1. The molecule has 0 aliphatic heterocycles. The van der Waals surface area contributed by atoms with Crippen molar-refractivity contribution < 1.29 is 0 Å². The van der Waals surface area contributed by atoms with Crippen LogP contribution < -0.4 is 10.6 Å².